The Morgan fingerprint density at radius 3 is 2.81 bits per heavy atom. The topological polar surface area (TPSA) is 74.4 Å². The molecule has 1 fully saturated rings. The number of carbonyl (C=O) groups excluding carboxylic acids is 2. The van der Waals surface area contributed by atoms with Gasteiger partial charge in [-0.05, 0) is 29.7 Å². The Morgan fingerprint density at radius 1 is 1.22 bits per heavy atom. The molecular weight excluding hydrogens is 342 g/mol. The van der Waals surface area contributed by atoms with Gasteiger partial charge in [0.15, 0.2) is 0 Å². The van der Waals surface area contributed by atoms with Crippen molar-refractivity contribution < 1.29 is 14.3 Å². The predicted molar refractivity (Wildman–Crippen MR) is 104 cm³/mol. The number of nitrogens with one attached hydrogen (secondary N) is 2. The molecule has 2 aromatic carbocycles. The molecule has 4 rings (SSSR count). The zero-order chi connectivity index (χ0) is 18.8. The van der Waals surface area contributed by atoms with Crippen LogP contribution in [0.25, 0.3) is 10.9 Å². The van der Waals surface area contributed by atoms with Gasteiger partial charge in [0.05, 0.1) is 25.3 Å². The van der Waals surface area contributed by atoms with Crippen molar-refractivity contribution >= 4 is 28.4 Å². The minimum Gasteiger partial charge on any atom is -0.495 e. The fourth-order valence-corrected chi connectivity index (χ4v) is 3.52. The number of fused-ring (bicyclic) bond motifs is 1. The summed E-state index contributed by atoms with van der Waals surface area (Å²) in [5.41, 5.74) is 2.69. The molecular formula is C21H21N3O3. The molecule has 2 amide bonds. The lowest BCUT2D eigenvalue weighted by atomic mass is 10.1. The highest BCUT2D eigenvalue weighted by atomic mass is 16.5. The van der Waals surface area contributed by atoms with Gasteiger partial charge in [0.2, 0.25) is 11.8 Å². The number of hydrogen-bond acceptors (Lipinski definition) is 3. The summed E-state index contributed by atoms with van der Waals surface area (Å²) in [6.45, 7) is 0.768. The first kappa shape index (κ1) is 17.1. The van der Waals surface area contributed by atoms with Crippen LogP contribution in [-0.4, -0.2) is 30.5 Å². The summed E-state index contributed by atoms with van der Waals surface area (Å²) < 4.78 is 5.34. The van der Waals surface area contributed by atoms with Crippen molar-refractivity contribution in [3.05, 3.63) is 60.3 Å². The summed E-state index contributed by atoms with van der Waals surface area (Å²) in [5, 5.41) is 4.05. The lowest BCUT2D eigenvalue weighted by molar-refractivity contribution is -0.126. The largest absolute Gasteiger partial charge is 0.495 e. The molecule has 27 heavy (non-hydrogen) atoms. The highest BCUT2D eigenvalue weighted by Gasteiger charge is 2.36. The van der Waals surface area contributed by atoms with Crippen LogP contribution in [0.4, 0.5) is 5.69 Å². The summed E-state index contributed by atoms with van der Waals surface area (Å²) in [6.07, 6.45) is 0.205. The Bertz CT molecular complexity index is 962. The molecule has 0 spiro atoms. The molecule has 0 saturated carbocycles. The van der Waals surface area contributed by atoms with E-state index in [0.717, 1.165) is 16.6 Å². The standard InChI is InChI=1S/C21H21N3O3/c1-27-19-9-5-4-8-18(19)24-13-15(11-20(24)25)21(26)22-12-16-10-14-6-2-3-7-17(14)23-16/h2-10,15,23H,11-13H2,1H3,(H,22,26)/t15-/m0/s1. The van der Waals surface area contributed by atoms with Gasteiger partial charge in [-0.25, -0.2) is 0 Å². The van der Waals surface area contributed by atoms with Crippen LogP contribution in [0.3, 0.4) is 0 Å². The Morgan fingerprint density at radius 2 is 2.00 bits per heavy atom. The zero-order valence-electron chi connectivity index (χ0n) is 15.1. The first-order chi connectivity index (χ1) is 13.2. The van der Waals surface area contributed by atoms with Crippen molar-refractivity contribution in [1.29, 1.82) is 0 Å². The van der Waals surface area contributed by atoms with E-state index in [0.29, 0.717) is 24.5 Å². The Hall–Kier alpha value is -3.28. The van der Waals surface area contributed by atoms with Crippen LogP contribution < -0.4 is 15.0 Å². The smallest absolute Gasteiger partial charge is 0.227 e. The van der Waals surface area contributed by atoms with Gasteiger partial charge in [0.25, 0.3) is 0 Å². The van der Waals surface area contributed by atoms with E-state index >= 15 is 0 Å². The van der Waals surface area contributed by atoms with Gasteiger partial charge in [-0.1, -0.05) is 30.3 Å². The highest BCUT2D eigenvalue weighted by molar-refractivity contribution is 6.01. The summed E-state index contributed by atoms with van der Waals surface area (Å²) in [7, 11) is 1.57. The minimum absolute atomic E-state index is 0.0646. The van der Waals surface area contributed by atoms with Gasteiger partial charge < -0.3 is 19.9 Å². The number of hydrogen-bond donors (Lipinski definition) is 2. The first-order valence-corrected chi connectivity index (χ1v) is 8.93. The monoisotopic (exact) mass is 363 g/mol. The Kier molecular flexibility index (Phi) is 4.54. The number of benzene rings is 2. The summed E-state index contributed by atoms with van der Waals surface area (Å²) in [4.78, 5) is 29.9. The molecule has 1 atom stereocenters. The van der Waals surface area contributed by atoms with E-state index < -0.39 is 0 Å². The lowest BCUT2D eigenvalue weighted by Crippen LogP contribution is -2.32. The van der Waals surface area contributed by atoms with Crippen molar-refractivity contribution in [3.63, 3.8) is 0 Å². The van der Waals surface area contributed by atoms with Gasteiger partial charge >= 0.3 is 0 Å². The number of methoxy groups -OCH3 is 1. The van der Waals surface area contributed by atoms with Crippen molar-refractivity contribution in [2.75, 3.05) is 18.6 Å². The van der Waals surface area contributed by atoms with Gasteiger partial charge in [-0.15, -0.1) is 0 Å². The third-order valence-corrected chi connectivity index (χ3v) is 4.91. The van der Waals surface area contributed by atoms with Gasteiger partial charge in [0, 0.05) is 24.2 Å². The number of nitrogens with zero attached hydrogens (tertiary/aromatic N) is 1. The third kappa shape index (κ3) is 3.38. The molecule has 138 valence electrons. The van der Waals surface area contributed by atoms with E-state index in [1.165, 1.54) is 0 Å². The number of ether oxygens (including phenoxy) is 1. The molecule has 0 aliphatic carbocycles. The second-order valence-corrected chi connectivity index (χ2v) is 6.68. The molecule has 2 heterocycles. The Balaban J connectivity index is 1.41. The van der Waals surface area contributed by atoms with Crippen LogP contribution in [0.2, 0.25) is 0 Å². The van der Waals surface area contributed by atoms with Crippen molar-refractivity contribution in [3.8, 4) is 5.75 Å². The van der Waals surface area contributed by atoms with Crippen molar-refractivity contribution in [2.24, 2.45) is 5.92 Å². The van der Waals surface area contributed by atoms with E-state index in [9.17, 15) is 9.59 Å². The van der Waals surface area contributed by atoms with Crippen LogP contribution in [0.15, 0.2) is 54.6 Å². The molecule has 2 N–H and O–H groups in total. The number of aromatic amines is 1. The van der Waals surface area contributed by atoms with E-state index in [2.05, 4.69) is 10.3 Å². The minimum atomic E-state index is -0.369. The number of amides is 2. The van der Waals surface area contributed by atoms with Crippen LogP contribution in [-0.2, 0) is 16.1 Å². The summed E-state index contributed by atoms with van der Waals surface area (Å²) in [5.74, 6) is 0.0847. The van der Waals surface area contributed by atoms with E-state index in [4.69, 9.17) is 4.74 Å². The average molecular weight is 363 g/mol. The Labute approximate surface area is 157 Å². The molecule has 1 aliphatic rings. The second kappa shape index (κ2) is 7.15. The number of carbonyl (C=O) groups is 2. The van der Waals surface area contributed by atoms with Crippen LogP contribution >= 0.6 is 0 Å². The fourth-order valence-electron chi connectivity index (χ4n) is 3.52. The number of anilines is 1. The summed E-state index contributed by atoms with van der Waals surface area (Å²) in [6, 6.07) is 17.4. The second-order valence-electron chi connectivity index (χ2n) is 6.68. The van der Waals surface area contributed by atoms with E-state index in [1.54, 1.807) is 12.0 Å². The highest BCUT2D eigenvalue weighted by Crippen LogP contribution is 2.32. The number of aromatic nitrogens is 1. The molecule has 0 radical (unpaired) electrons. The van der Waals surface area contributed by atoms with Crippen molar-refractivity contribution in [1.82, 2.24) is 10.3 Å². The molecule has 3 aromatic rings. The maximum Gasteiger partial charge on any atom is 0.227 e. The van der Waals surface area contributed by atoms with Crippen LogP contribution in [0.1, 0.15) is 12.1 Å². The van der Waals surface area contributed by atoms with E-state index in [1.807, 2.05) is 54.6 Å². The van der Waals surface area contributed by atoms with Gasteiger partial charge in [-0.2, -0.15) is 0 Å². The molecule has 1 aliphatic heterocycles. The van der Waals surface area contributed by atoms with E-state index in [-0.39, 0.29) is 24.2 Å². The van der Waals surface area contributed by atoms with Crippen LogP contribution in [0.5, 0.6) is 5.75 Å². The maximum absolute atomic E-state index is 12.6. The number of para-hydroxylation sites is 3. The molecule has 0 bridgehead atoms. The SMILES string of the molecule is COc1ccccc1N1C[C@@H](C(=O)NCc2cc3ccccc3[nH]2)CC1=O. The molecule has 0 unspecified atom stereocenters. The summed E-state index contributed by atoms with van der Waals surface area (Å²) >= 11 is 0. The van der Waals surface area contributed by atoms with Crippen LogP contribution in [0, 0.1) is 5.92 Å². The first-order valence-electron chi connectivity index (χ1n) is 8.93. The number of rotatable bonds is 5. The molecule has 6 heteroatoms. The fraction of sp³-hybridized carbons (Fsp3) is 0.238. The normalized spacial score (nSPS) is 16.7. The molecule has 1 aromatic heterocycles. The molecule has 1 saturated heterocycles. The predicted octanol–water partition coefficient (Wildman–Crippen LogP) is 2.85. The third-order valence-electron chi connectivity index (χ3n) is 4.91. The zero-order valence-corrected chi connectivity index (χ0v) is 15.1. The maximum atomic E-state index is 12.6. The quantitative estimate of drug-likeness (QED) is 0.732. The van der Waals surface area contributed by atoms with Gasteiger partial charge in [-0.3, -0.25) is 9.59 Å². The molecule has 6 nitrogen and oxygen atoms in total. The van der Waals surface area contributed by atoms with Crippen molar-refractivity contribution in [2.45, 2.75) is 13.0 Å². The lowest BCUT2D eigenvalue weighted by Gasteiger charge is -2.19. The van der Waals surface area contributed by atoms with Gasteiger partial charge in [0.1, 0.15) is 5.75 Å². The number of H-pyrrole nitrogens is 1. The average Bonchev–Trinajstić information content (AvgIpc) is 3.29.